The van der Waals surface area contributed by atoms with Crippen LogP contribution in [0.25, 0.3) is 22.3 Å². The molecule has 4 aromatic rings. The van der Waals surface area contributed by atoms with E-state index in [4.69, 9.17) is 74.4 Å². The molecule has 30 heteroatoms. The predicted molar refractivity (Wildman–Crippen MR) is 202 cm³/mol. The zero-order valence-corrected chi connectivity index (χ0v) is 33.9. The third-order valence-electron chi connectivity index (χ3n) is 8.90. The number of hydrogen-bond donors (Lipinski definition) is 7. The van der Waals surface area contributed by atoms with Crippen LogP contribution in [-0.4, -0.2) is 163 Å². The van der Waals surface area contributed by atoms with Crippen molar-refractivity contribution in [3.63, 3.8) is 0 Å². The number of nitrogens with zero attached hydrogens (tertiary/aromatic N) is 8. The van der Waals surface area contributed by atoms with Crippen molar-refractivity contribution in [1.29, 1.82) is 0 Å². The van der Waals surface area contributed by atoms with E-state index in [9.17, 15) is 23.8 Å². The van der Waals surface area contributed by atoms with E-state index in [1.54, 1.807) is 6.92 Å². The van der Waals surface area contributed by atoms with E-state index in [0.29, 0.717) is 26.3 Å². The first kappa shape index (κ1) is 46.0. The largest absolute Gasteiger partial charge is 0.472 e. The molecule has 11 N–H and O–H groups in total. The predicted octanol–water partition coefficient (Wildman–Crippen LogP) is -1.71. The Morgan fingerprint density at radius 2 is 1.17 bits per heavy atom. The Labute approximate surface area is 340 Å². The molecular formula is C30H48N12O16P2. The van der Waals surface area contributed by atoms with Gasteiger partial charge in [0.1, 0.15) is 67.8 Å². The number of rotatable bonds is 25. The summed E-state index contributed by atoms with van der Waals surface area (Å²) < 4.78 is 91.2. The summed E-state index contributed by atoms with van der Waals surface area (Å²) in [7, 11) is -10.4. The van der Waals surface area contributed by atoms with Gasteiger partial charge < -0.3 is 75.5 Å². The second-order valence-corrected chi connectivity index (χ2v) is 15.6. The van der Waals surface area contributed by atoms with E-state index >= 15 is 0 Å². The molecule has 0 amide bonds. The van der Waals surface area contributed by atoms with Gasteiger partial charge in [-0.1, -0.05) is 0 Å². The van der Waals surface area contributed by atoms with Gasteiger partial charge in [0.25, 0.3) is 0 Å². The summed E-state index contributed by atoms with van der Waals surface area (Å²) in [4.78, 5) is 55.9. The average molecular weight is 895 g/mol. The van der Waals surface area contributed by atoms with Crippen LogP contribution in [-0.2, 0) is 60.6 Å². The molecule has 6 rings (SSSR count). The number of nitrogen functional groups attached to an aromatic ring is 2. The maximum absolute atomic E-state index is 13.8. The number of ether oxygens (including phenoxy) is 8. The first-order valence-corrected chi connectivity index (χ1v) is 21.3. The third kappa shape index (κ3) is 11.5. The van der Waals surface area contributed by atoms with Crippen molar-refractivity contribution in [1.82, 2.24) is 39.0 Å². The fourth-order valence-electron chi connectivity index (χ4n) is 6.32. The topological polar surface area (TPSA) is 388 Å². The SMILES string of the molecule is C[C@H]1O[C@@H](n2cnc3c(N)ncnc32)C(OCOCCOCCN)[C@H]1OP(=O)(O)OC[C@H]1O[C@@H](n2cnc3c(N)ncnc32)C(OCOCCOCCN)[C@H]1OP(=O)(O)O. The van der Waals surface area contributed by atoms with Gasteiger partial charge in [-0.05, 0) is 6.92 Å². The van der Waals surface area contributed by atoms with Crippen LogP contribution in [0, 0.1) is 0 Å². The Bertz CT molecular complexity index is 2080. The van der Waals surface area contributed by atoms with Gasteiger partial charge in [-0.3, -0.25) is 22.7 Å². The van der Waals surface area contributed by atoms with E-state index in [1.165, 1.54) is 34.4 Å². The summed E-state index contributed by atoms with van der Waals surface area (Å²) >= 11 is 0. The van der Waals surface area contributed by atoms with Gasteiger partial charge in [0.15, 0.2) is 35.4 Å². The number of phosphoric ester groups is 2. The molecule has 9 atom stereocenters. The molecule has 2 aliphatic rings. The van der Waals surface area contributed by atoms with Crippen molar-refractivity contribution in [3.8, 4) is 0 Å². The number of anilines is 2. The minimum atomic E-state index is -5.29. The van der Waals surface area contributed by atoms with E-state index in [1.807, 2.05) is 0 Å². The zero-order chi connectivity index (χ0) is 42.9. The Balaban J connectivity index is 1.20. The number of fused-ring (bicyclic) bond motifs is 2. The fourth-order valence-corrected chi connectivity index (χ4v) is 7.89. The fraction of sp³-hybridized carbons (Fsp3) is 0.667. The zero-order valence-electron chi connectivity index (χ0n) is 32.1. The van der Waals surface area contributed by atoms with Crippen LogP contribution in [0.5, 0.6) is 0 Å². The first-order chi connectivity index (χ1) is 28.8. The second-order valence-electron chi connectivity index (χ2n) is 13.0. The Morgan fingerprint density at radius 1 is 0.667 bits per heavy atom. The molecule has 0 aromatic carbocycles. The molecule has 28 nitrogen and oxygen atoms in total. The van der Waals surface area contributed by atoms with Crippen LogP contribution in [0.4, 0.5) is 11.6 Å². The first-order valence-electron chi connectivity index (χ1n) is 18.3. The molecule has 60 heavy (non-hydrogen) atoms. The maximum Gasteiger partial charge on any atom is 0.472 e. The normalized spacial score (nSPS) is 25.8. The van der Waals surface area contributed by atoms with Crippen molar-refractivity contribution in [2.75, 3.05) is 84.4 Å². The highest BCUT2D eigenvalue weighted by molar-refractivity contribution is 7.47. The summed E-state index contributed by atoms with van der Waals surface area (Å²) in [5.41, 5.74) is 23.8. The Hall–Kier alpha value is -3.48. The van der Waals surface area contributed by atoms with Crippen LogP contribution in [0.2, 0.25) is 0 Å². The van der Waals surface area contributed by atoms with Gasteiger partial charge in [-0.25, -0.2) is 39.0 Å². The van der Waals surface area contributed by atoms with E-state index in [-0.39, 0.29) is 67.2 Å². The molecule has 2 aliphatic heterocycles. The van der Waals surface area contributed by atoms with Gasteiger partial charge in [-0.2, -0.15) is 0 Å². The summed E-state index contributed by atoms with van der Waals surface area (Å²) in [6, 6.07) is 0. The monoisotopic (exact) mass is 894 g/mol. The molecule has 6 heterocycles. The molecule has 2 saturated heterocycles. The summed E-state index contributed by atoms with van der Waals surface area (Å²) in [6.07, 6.45) is -5.17. The molecule has 2 fully saturated rings. The standard InChI is InChI=1S/C30H48N12O16P2/c1-17-21(23(52-15-50-8-6-48-4-2-31)29(55-17)41-13-39-19-25(33)35-11-37-27(19)41)58-60(46,47)54-10-18-22(57-59(43,44)45)24(53-16-51-9-7-49-5-3-32)30(56-18)42-14-40-20-26(34)36-12-38-28(20)42/h11-14,17-18,21-24,29-30H,2-10,15-16,31-32H2,1H3,(H,46,47)(H2,33,35,37)(H2,34,36,38)(H2,43,44,45)/t17-,18-,21+,22+,23?,24?,29-,30-/m1/s1. The average Bonchev–Trinajstić information content (AvgIpc) is 3.98. The lowest BCUT2D eigenvalue weighted by molar-refractivity contribution is -0.143. The highest BCUT2D eigenvalue weighted by Gasteiger charge is 2.53. The van der Waals surface area contributed by atoms with Gasteiger partial charge in [-0.15, -0.1) is 0 Å². The van der Waals surface area contributed by atoms with Gasteiger partial charge in [0.05, 0.1) is 65.0 Å². The van der Waals surface area contributed by atoms with Crippen LogP contribution >= 0.6 is 15.6 Å². The molecule has 0 spiro atoms. The van der Waals surface area contributed by atoms with Crippen LogP contribution in [0.15, 0.2) is 25.3 Å². The number of nitrogens with two attached hydrogens (primary N) is 4. The van der Waals surface area contributed by atoms with E-state index in [0.717, 1.165) is 0 Å². The number of hydrogen-bond acceptors (Lipinski definition) is 23. The second kappa shape index (κ2) is 21.1. The lowest BCUT2D eigenvalue weighted by atomic mass is 10.1. The van der Waals surface area contributed by atoms with Crippen LogP contribution < -0.4 is 22.9 Å². The maximum atomic E-state index is 13.8. The van der Waals surface area contributed by atoms with Crippen molar-refractivity contribution >= 4 is 49.6 Å². The number of phosphoric acid groups is 2. The number of aromatic nitrogens is 8. The van der Waals surface area contributed by atoms with Crippen LogP contribution in [0.1, 0.15) is 19.4 Å². The van der Waals surface area contributed by atoms with Gasteiger partial charge in [0.2, 0.25) is 0 Å². The Morgan fingerprint density at radius 3 is 1.68 bits per heavy atom. The van der Waals surface area contributed by atoms with Crippen molar-refractivity contribution in [2.24, 2.45) is 11.5 Å². The number of imidazole rings is 2. The highest BCUT2D eigenvalue weighted by atomic mass is 31.2. The van der Waals surface area contributed by atoms with Gasteiger partial charge in [0, 0.05) is 13.1 Å². The molecule has 0 bridgehead atoms. The summed E-state index contributed by atoms with van der Waals surface area (Å²) in [5.74, 6) is 0.140. The lowest BCUT2D eigenvalue weighted by Crippen LogP contribution is -2.38. The third-order valence-corrected chi connectivity index (χ3v) is 10.4. The molecular weight excluding hydrogens is 846 g/mol. The molecule has 4 aromatic heterocycles. The van der Waals surface area contributed by atoms with Crippen molar-refractivity contribution in [2.45, 2.75) is 56.0 Å². The quantitative estimate of drug-likeness (QED) is 0.0221. The summed E-state index contributed by atoms with van der Waals surface area (Å²) in [5, 5.41) is 0. The molecule has 0 aliphatic carbocycles. The molecule has 3 unspecified atom stereocenters. The summed E-state index contributed by atoms with van der Waals surface area (Å²) in [6.45, 7) is 1.84. The van der Waals surface area contributed by atoms with Crippen LogP contribution in [0.3, 0.4) is 0 Å². The molecule has 334 valence electrons. The van der Waals surface area contributed by atoms with Crippen molar-refractivity contribution in [3.05, 3.63) is 25.3 Å². The van der Waals surface area contributed by atoms with E-state index in [2.05, 4.69) is 29.9 Å². The van der Waals surface area contributed by atoms with E-state index < -0.39 is 78.1 Å². The van der Waals surface area contributed by atoms with Gasteiger partial charge >= 0.3 is 15.6 Å². The van der Waals surface area contributed by atoms with Crippen molar-refractivity contribution < 1.29 is 75.3 Å². The lowest BCUT2D eigenvalue weighted by Gasteiger charge is -2.27. The minimum absolute atomic E-state index is 0.0349. The highest BCUT2D eigenvalue weighted by Crippen LogP contribution is 2.51. The minimum Gasteiger partial charge on any atom is -0.382 e. The Kier molecular flexibility index (Phi) is 16.2. The molecule has 0 radical (unpaired) electrons. The molecule has 0 saturated carbocycles. The smallest absolute Gasteiger partial charge is 0.382 e.